The van der Waals surface area contributed by atoms with Crippen molar-refractivity contribution in [3.05, 3.63) is 72.1 Å². The largest absolute Gasteiger partial charge is 0.497 e. The Balaban J connectivity index is 1.67. The molecule has 13 nitrogen and oxygen atoms in total. The molecule has 4 amide bonds. The first-order valence-corrected chi connectivity index (χ1v) is 14.9. The SMILES string of the molecule is COc1ccc(CCNC(=O)[C@@H](NC(=O)[C@H](CC(=O)O)NC(=O)[C@H](CC(C)C)NC(=O)c2cc3ccccc3cn2)[C@@H](C)O)cc1. The third-order valence-corrected chi connectivity index (χ3v) is 7.14. The zero-order chi connectivity index (χ0) is 33.8. The fourth-order valence-corrected chi connectivity index (χ4v) is 4.69. The van der Waals surface area contributed by atoms with E-state index in [4.69, 9.17) is 4.74 Å². The predicted molar refractivity (Wildman–Crippen MR) is 170 cm³/mol. The third kappa shape index (κ3) is 10.5. The minimum atomic E-state index is -1.61. The van der Waals surface area contributed by atoms with E-state index in [2.05, 4.69) is 26.3 Å². The Morgan fingerprint density at radius 3 is 2.11 bits per heavy atom. The summed E-state index contributed by atoms with van der Waals surface area (Å²) in [4.78, 5) is 68.4. The molecule has 0 saturated heterocycles. The summed E-state index contributed by atoms with van der Waals surface area (Å²) < 4.78 is 5.13. The molecule has 0 aliphatic rings. The quantitative estimate of drug-likeness (QED) is 0.135. The van der Waals surface area contributed by atoms with E-state index in [-0.39, 0.29) is 24.6 Å². The normalized spacial score (nSPS) is 13.6. The Morgan fingerprint density at radius 1 is 0.848 bits per heavy atom. The molecule has 6 N–H and O–H groups in total. The number of benzene rings is 2. The molecule has 3 aromatic rings. The predicted octanol–water partition coefficient (Wildman–Crippen LogP) is 1.57. The smallest absolute Gasteiger partial charge is 0.305 e. The van der Waals surface area contributed by atoms with Crippen LogP contribution in [0.1, 0.15) is 49.7 Å². The first kappa shape index (κ1) is 35.4. The average Bonchev–Trinajstić information content (AvgIpc) is 3.02. The molecule has 46 heavy (non-hydrogen) atoms. The number of hydrogen-bond acceptors (Lipinski definition) is 8. The van der Waals surface area contributed by atoms with Crippen molar-refractivity contribution in [2.24, 2.45) is 5.92 Å². The highest BCUT2D eigenvalue weighted by Crippen LogP contribution is 2.15. The number of nitrogens with one attached hydrogen (secondary N) is 4. The Labute approximate surface area is 267 Å². The van der Waals surface area contributed by atoms with Crippen LogP contribution in [0, 0.1) is 5.92 Å². The van der Waals surface area contributed by atoms with Crippen LogP contribution in [0.3, 0.4) is 0 Å². The highest BCUT2D eigenvalue weighted by atomic mass is 16.5. The highest BCUT2D eigenvalue weighted by molar-refractivity contribution is 6.00. The van der Waals surface area contributed by atoms with Gasteiger partial charge in [-0.05, 0) is 54.8 Å². The van der Waals surface area contributed by atoms with Crippen molar-refractivity contribution in [3.8, 4) is 5.75 Å². The summed E-state index contributed by atoms with van der Waals surface area (Å²) in [7, 11) is 1.55. The van der Waals surface area contributed by atoms with Crippen molar-refractivity contribution in [3.63, 3.8) is 0 Å². The van der Waals surface area contributed by atoms with Gasteiger partial charge < -0.3 is 36.2 Å². The van der Waals surface area contributed by atoms with Gasteiger partial charge in [-0.3, -0.25) is 29.0 Å². The van der Waals surface area contributed by atoms with Crippen molar-refractivity contribution in [1.82, 2.24) is 26.3 Å². The lowest BCUT2D eigenvalue weighted by Gasteiger charge is -2.26. The molecular weight excluding hydrogens is 594 g/mol. The number of methoxy groups -OCH3 is 1. The first-order valence-electron chi connectivity index (χ1n) is 14.9. The minimum absolute atomic E-state index is 0.0615. The maximum absolute atomic E-state index is 13.4. The average molecular weight is 636 g/mol. The monoisotopic (exact) mass is 635 g/mol. The van der Waals surface area contributed by atoms with Gasteiger partial charge in [0.2, 0.25) is 17.7 Å². The van der Waals surface area contributed by atoms with Gasteiger partial charge in [0.1, 0.15) is 29.6 Å². The van der Waals surface area contributed by atoms with Crippen LogP contribution in [0.4, 0.5) is 0 Å². The Morgan fingerprint density at radius 2 is 1.50 bits per heavy atom. The summed E-state index contributed by atoms with van der Waals surface area (Å²) in [6.07, 6.45) is 0.0413. The summed E-state index contributed by atoms with van der Waals surface area (Å²) in [5, 5.41) is 31.4. The van der Waals surface area contributed by atoms with Gasteiger partial charge in [-0.2, -0.15) is 0 Å². The lowest BCUT2D eigenvalue weighted by Crippen LogP contribution is -2.59. The fourth-order valence-electron chi connectivity index (χ4n) is 4.69. The molecule has 0 saturated carbocycles. The number of carbonyl (C=O) groups is 5. The van der Waals surface area contributed by atoms with E-state index in [9.17, 15) is 34.2 Å². The Bertz CT molecular complexity index is 1530. The molecule has 0 aliphatic carbocycles. The fraction of sp³-hybridized carbons (Fsp3) is 0.394. The molecule has 1 heterocycles. The Hall–Kier alpha value is -5.04. The number of carboxylic acids is 1. The molecule has 0 bridgehead atoms. The topological polar surface area (TPSA) is 196 Å². The van der Waals surface area contributed by atoms with E-state index >= 15 is 0 Å². The zero-order valence-electron chi connectivity index (χ0n) is 26.3. The summed E-state index contributed by atoms with van der Waals surface area (Å²) in [5.74, 6) is -3.85. The van der Waals surface area contributed by atoms with Crippen LogP contribution in [-0.4, -0.2) is 82.7 Å². The maximum atomic E-state index is 13.4. The van der Waals surface area contributed by atoms with Gasteiger partial charge in [0.15, 0.2) is 0 Å². The summed E-state index contributed by atoms with van der Waals surface area (Å²) in [6, 6.07) is 12.0. The number of amides is 4. The van der Waals surface area contributed by atoms with E-state index in [1.807, 2.05) is 50.2 Å². The number of ether oxygens (including phenoxy) is 1. The second-order valence-corrected chi connectivity index (χ2v) is 11.3. The number of aromatic nitrogens is 1. The molecule has 0 aliphatic heterocycles. The molecule has 0 fully saturated rings. The number of fused-ring (bicyclic) bond motifs is 1. The van der Waals surface area contributed by atoms with Gasteiger partial charge >= 0.3 is 5.97 Å². The molecule has 246 valence electrons. The zero-order valence-corrected chi connectivity index (χ0v) is 26.3. The van der Waals surface area contributed by atoms with Gasteiger partial charge in [-0.15, -0.1) is 0 Å². The second kappa shape index (κ2) is 16.9. The van der Waals surface area contributed by atoms with Gasteiger partial charge in [0.25, 0.3) is 5.91 Å². The Kier molecular flexibility index (Phi) is 13.0. The number of pyridine rings is 1. The lowest BCUT2D eigenvalue weighted by molar-refractivity contribution is -0.141. The van der Waals surface area contributed by atoms with Crippen LogP contribution in [0.15, 0.2) is 60.8 Å². The van der Waals surface area contributed by atoms with Crippen LogP contribution in [0.2, 0.25) is 0 Å². The third-order valence-electron chi connectivity index (χ3n) is 7.14. The highest BCUT2D eigenvalue weighted by Gasteiger charge is 2.33. The molecular formula is C33H41N5O8. The van der Waals surface area contributed by atoms with E-state index in [1.165, 1.54) is 6.92 Å². The number of hydrogen-bond donors (Lipinski definition) is 6. The van der Waals surface area contributed by atoms with E-state index in [1.54, 1.807) is 31.5 Å². The van der Waals surface area contributed by atoms with Crippen LogP contribution >= 0.6 is 0 Å². The molecule has 3 rings (SSSR count). The maximum Gasteiger partial charge on any atom is 0.305 e. The van der Waals surface area contributed by atoms with Crippen molar-refractivity contribution in [1.29, 1.82) is 0 Å². The lowest BCUT2D eigenvalue weighted by atomic mass is 10.0. The molecule has 2 aromatic carbocycles. The van der Waals surface area contributed by atoms with Crippen LogP contribution < -0.4 is 26.0 Å². The van der Waals surface area contributed by atoms with Gasteiger partial charge in [0, 0.05) is 18.1 Å². The number of aliphatic hydroxyl groups is 1. The summed E-state index contributed by atoms with van der Waals surface area (Å²) >= 11 is 0. The number of nitrogens with zero attached hydrogens (tertiary/aromatic N) is 1. The molecule has 0 radical (unpaired) electrons. The van der Waals surface area contributed by atoms with Crippen molar-refractivity contribution in [2.45, 2.75) is 64.3 Å². The summed E-state index contributed by atoms with van der Waals surface area (Å²) in [5.41, 5.74) is 1.00. The number of aliphatic hydroxyl groups excluding tert-OH is 1. The number of carbonyl (C=O) groups excluding carboxylic acids is 4. The minimum Gasteiger partial charge on any atom is -0.497 e. The van der Waals surface area contributed by atoms with Gasteiger partial charge in [-0.1, -0.05) is 50.2 Å². The van der Waals surface area contributed by atoms with Crippen LogP contribution in [-0.2, 0) is 25.6 Å². The number of rotatable bonds is 16. The molecule has 0 unspecified atom stereocenters. The molecule has 1 aromatic heterocycles. The first-order chi connectivity index (χ1) is 21.9. The number of carboxylic acid groups (broad SMARTS) is 1. The summed E-state index contributed by atoms with van der Waals surface area (Å²) in [6.45, 7) is 5.17. The van der Waals surface area contributed by atoms with E-state index in [0.29, 0.717) is 12.2 Å². The van der Waals surface area contributed by atoms with Gasteiger partial charge in [-0.25, -0.2) is 0 Å². The van der Waals surface area contributed by atoms with E-state index < -0.39 is 60.2 Å². The van der Waals surface area contributed by atoms with Gasteiger partial charge in [0.05, 0.1) is 19.6 Å². The molecule has 13 heteroatoms. The van der Waals surface area contributed by atoms with Crippen molar-refractivity contribution < 1.29 is 38.9 Å². The van der Waals surface area contributed by atoms with E-state index in [0.717, 1.165) is 16.3 Å². The van der Waals surface area contributed by atoms with Crippen LogP contribution in [0.25, 0.3) is 10.8 Å². The second-order valence-electron chi connectivity index (χ2n) is 11.3. The van der Waals surface area contributed by atoms with Crippen molar-refractivity contribution in [2.75, 3.05) is 13.7 Å². The standard InChI is InChI=1S/C33H41N5O8/c1-19(2)15-26(36-30(42)25-16-22-7-5-6-8-23(22)18-35-25)31(43)37-27(17-28(40)41)32(44)38-29(20(3)39)33(45)34-14-13-21-9-11-24(46-4)12-10-21/h5-12,16,18-20,26-27,29,39H,13-15,17H2,1-4H3,(H,34,45)(H,36,42)(H,37,43)(H,38,44)(H,40,41)/t20-,26+,27+,29+/m1/s1. The molecule has 0 spiro atoms. The van der Waals surface area contributed by atoms with Crippen LogP contribution in [0.5, 0.6) is 5.75 Å². The number of aliphatic carboxylic acids is 1. The molecule has 4 atom stereocenters. The van der Waals surface area contributed by atoms with Crippen molar-refractivity contribution >= 4 is 40.4 Å².